The summed E-state index contributed by atoms with van der Waals surface area (Å²) < 4.78 is 41.3. The second kappa shape index (κ2) is 15.4. The van der Waals surface area contributed by atoms with Crippen LogP contribution in [0.1, 0.15) is 35.2 Å². The van der Waals surface area contributed by atoms with Gasteiger partial charge >= 0.3 is 6.18 Å². The van der Waals surface area contributed by atoms with Crippen LogP contribution in [0, 0.1) is 0 Å². The monoisotopic (exact) mass is 676 g/mol. The van der Waals surface area contributed by atoms with Crippen LogP contribution in [-0.4, -0.2) is 70.4 Å². The number of hydrogen-bond donors (Lipinski definition) is 4. The van der Waals surface area contributed by atoms with Gasteiger partial charge in [-0.2, -0.15) is 13.2 Å². The number of unbranched alkanes of at least 4 members (excludes halogenated alkanes) is 1. The summed E-state index contributed by atoms with van der Waals surface area (Å²) in [7, 11) is 4.95. The molecule has 3 amide bonds. The molecule has 44 heavy (non-hydrogen) atoms. The average Bonchev–Trinajstić information content (AvgIpc) is 3.49. The zero-order valence-corrected chi connectivity index (χ0v) is 26.5. The van der Waals surface area contributed by atoms with Gasteiger partial charge in [-0.3, -0.25) is 14.4 Å². The highest BCUT2D eigenvalue weighted by Gasteiger charge is 2.31. The molecule has 0 aliphatic rings. The van der Waals surface area contributed by atoms with Gasteiger partial charge in [0.1, 0.15) is 6.04 Å². The summed E-state index contributed by atoms with van der Waals surface area (Å²) in [5.74, 6) is -0.866. The highest BCUT2D eigenvalue weighted by Crippen LogP contribution is 2.35. The molecule has 0 aliphatic heterocycles. The van der Waals surface area contributed by atoms with Crippen LogP contribution in [0.2, 0.25) is 0 Å². The van der Waals surface area contributed by atoms with E-state index < -0.39 is 29.6 Å². The van der Waals surface area contributed by atoms with E-state index in [9.17, 15) is 27.6 Å². The molecule has 4 rings (SSSR count). The second-order valence-electron chi connectivity index (χ2n) is 9.84. The molecule has 1 atom stereocenters. The van der Waals surface area contributed by atoms with Crippen LogP contribution in [0.25, 0.3) is 21.3 Å². The van der Waals surface area contributed by atoms with Crippen molar-refractivity contribution in [1.82, 2.24) is 30.1 Å². The maximum atomic E-state index is 13.1. The number of carbonyl (C=O) groups excluding carboxylic acids is 3. The summed E-state index contributed by atoms with van der Waals surface area (Å²) in [6.45, 7) is 0.160. The van der Waals surface area contributed by atoms with Crippen molar-refractivity contribution in [1.29, 1.82) is 0 Å². The Morgan fingerprint density at radius 3 is 2.43 bits per heavy atom. The van der Waals surface area contributed by atoms with Crippen LogP contribution in [0.5, 0.6) is 0 Å². The number of halogens is 5. The largest absolute Gasteiger partial charge is 0.416 e. The predicted molar refractivity (Wildman–Crippen MR) is 169 cm³/mol. The standard InChI is InChI=1S/C27H31F3N8O3S.2ClH/c1-37(2)24(41)18(6-4-5-11-31)33-22(39)14-32-23(40)15-7-10-20-19(12-15)34-25(38(20)3)36-26-35-17-9-8-16(27(28,29)30)13-21(17)42-26;;/h7-10,12-13,18H,4-6,11,14,31H2,1-3H3,(H,32,40)(H,33,39)(H,34,35,36);2*1H/t18-;;/m0../s1. The third kappa shape index (κ3) is 8.71. The number of thiazole rings is 1. The summed E-state index contributed by atoms with van der Waals surface area (Å²) in [4.78, 5) is 48.0. The number of imidazole rings is 1. The number of nitrogens with two attached hydrogens (primary N) is 1. The summed E-state index contributed by atoms with van der Waals surface area (Å²) in [5.41, 5.74) is 6.63. The minimum atomic E-state index is -4.45. The quantitative estimate of drug-likeness (QED) is 0.174. The smallest absolute Gasteiger partial charge is 0.347 e. The Morgan fingerprint density at radius 1 is 1.05 bits per heavy atom. The molecule has 0 fully saturated rings. The molecule has 2 heterocycles. The number of nitrogens with zero attached hydrogens (tertiary/aromatic N) is 4. The Bertz CT molecular complexity index is 1630. The number of benzene rings is 2. The lowest BCUT2D eigenvalue weighted by Crippen LogP contribution is -2.49. The Labute approximate surface area is 267 Å². The fourth-order valence-corrected chi connectivity index (χ4v) is 5.17. The first-order valence-corrected chi connectivity index (χ1v) is 13.9. The second-order valence-corrected chi connectivity index (χ2v) is 10.9. The number of likely N-dealkylation sites (N-methyl/N-ethyl adjacent to an activating group) is 1. The lowest BCUT2D eigenvalue weighted by molar-refractivity contribution is -0.137. The number of rotatable bonds is 11. The predicted octanol–water partition coefficient (Wildman–Crippen LogP) is 4.22. The van der Waals surface area contributed by atoms with E-state index in [0.717, 1.165) is 29.9 Å². The molecule has 0 saturated heterocycles. The lowest BCUT2D eigenvalue weighted by atomic mass is 10.1. The van der Waals surface area contributed by atoms with Crippen molar-refractivity contribution in [2.75, 3.05) is 32.5 Å². The Morgan fingerprint density at radius 2 is 1.77 bits per heavy atom. The molecule has 0 unspecified atom stereocenters. The van der Waals surface area contributed by atoms with E-state index in [0.29, 0.717) is 51.7 Å². The Kier molecular flexibility index (Phi) is 12.8. The van der Waals surface area contributed by atoms with Crippen molar-refractivity contribution < 1.29 is 27.6 Å². The first-order chi connectivity index (χ1) is 19.9. The maximum Gasteiger partial charge on any atom is 0.416 e. The van der Waals surface area contributed by atoms with Crippen molar-refractivity contribution in [2.24, 2.45) is 12.8 Å². The van der Waals surface area contributed by atoms with Crippen molar-refractivity contribution in [3.8, 4) is 0 Å². The number of amides is 3. The summed E-state index contributed by atoms with van der Waals surface area (Å²) in [6, 6.07) is 7.49. The first-order valence-electron chi connectivity index (χ1n) is 13.1. The van der Waals surface area contributed by atoms with Gasteiger partial charge in [0, 0.05) is 26.7 Å². The fraction of sp³-hybridized carbons (Fsp3) is 0.370. The van der Waals surface area contributed by atoms with E-state index in [2.05, 4.69) is 25.9 Å². The third-order valence-electron chi connectivity index (χ3n) is 6.51. The third-order valence-corrected chi connectivity index (χ3v) is 7.44. The molecule has 2 aromatic carbocycles. The van der Waals surface area contributed by atoms with Gasteiger partial charge in [-0.15, -0.1) is 24.8 Å². The van der Waals surface area contributed by atoms with Crippen LogP contribution < -0.4 is 21.7 Å². The van der Waals surface area contributed by atoms with Crippen LogP contribution in [-0.2, 0) is 22.8 Å². The number of aromatic nitrogens is 3. The van der Waals surface area contributed by atoms with Crippen molar-refractivity contribution in [3.63, 3.8) is 0 Å². The van der Waals surface area contributed by atoms with E-state index in [1.807, 2.05) is 0 Å². The minimum absolute atomic E-state index is 0. The van der Waals surface area contributed by atoms with Crippen LogP contribution in [0.3, 0.4) is 0 Å². The number of nitrogens with one attached hydrogen (secondary N) is 3. The van der Waals surface area contributed by atoms with E-state index in [4.69, 9.17) is 5.73 Å². The minimum Gasteiger partial charge on any atom is -0.347 e. The van der Waals surface area contributed by atoms with Gasteiger partial charge in [-0.1, -0.05) is 11.3 Å². The first kappa shape index (κ1) is 36.5. The molecular weight excluding hydrogens is 644 g/mol. The normalized spacial score (nSPS) is 11.8. The van der Waals surface area contributed by atoms with Gasteiger partial charge in [0.15, 0.2) is 5.13 Å². The van der Waals surface area contributed by atoms with E-state index in [-0.39, 0.29) is 42.8 Å². The van der Waals surface area contributed by atoms with Crippen molar-refractivity contribution in [3.05, 3.63) is 47.5 Å². The van der Waals surface area contributed by atoms with E-state index in [1.165, 1.54) is 11.0 Å². The van der Waals surface area contributed by atoms with Gasteiger partial charge in [-0.05, 0) is 62.2 Å². The molecule has 0 bridgehead atoms. The summed E-state index contributed by atoms with van der Waals surface area (Å²) >= 11 is 1.06. The molecule has 0 saturated carbocycles. The Balaban J connectivity index is 0.00000337. The average molecular weight is 678 g/mol. The van der Waals surface area contributed by atoms with Crippen LogP contribution >= 0.6 is 36.2 Å². The lowest BCUT2D eigenvalue weighted by Gasteiger charge is -2.21. The van der Waals surface area contributed by atoms with Gasteiger partial charge in [-0.25, -0.2) is 9.97 Å². The topological polar surface area (TPSA) is 147 Å². The Hall–Kier alpha value is -3.66. The molecule has 17 heteroatoms. The molecular formula is C27H33Cl2F3N8O3S. The van der Waals surface area contributed by atoms with Gasteiger partial charge in [0.2, 0.25) is 17.8 Å². The number of fused-ring (bicyclic) bond motifs is 2. The highest BCUT2D eigenvalue weighted by molar-refractivity contribution is 7.22. The molecule has 11 nitrogen and oxygen atoms in total. The molecule has 4 aromatic rings. The number of anilines is 2. The molecule has 5 N–H and O–H groups in total. The van der Waals surface area contributed by atoms with Gasteiger partial charge < -0.3 is 31.2 Å². The number of aryl methyl sites for hydroxylation is 1. The molecule has 0 radical (unpaired) electrons. The zero-order chi connectivity index (χ0) is 30.6. The number of hydrogen-bond acceptors (Lipinski definition) is 8. The molecule has 0 spiro atoms. The molecule has 240 valence electrons. The zero-order valence-electron chi connectivity index (χ0n) is 24.0. The van der Waals surface area contributed by atoms with Gasteiger partial charge in [0.05, 0.1) is 33.4 Å². The SMILES string of the molecule is CN(C)C(=O)[C@H](CCCCN)NC(=O)CNC(=O)c1ccc2c(c1)nc(Nc1nc3ccc(C(F)(F)F)cc3s1)n2C.Cl.Cl. The maximum absolute atomic E-state index is 13.1. The molecule has 0 aliphatic carbocycles. The molecule has 2 aromatic heterocycles. The number of alkyl halides is 3. The van der Waals surface area contributed by atoms with Crippen LogP contribution in [0.15, 0.2) is 36.4 Å². The fourth-order valence-electron chi connectivity index (χ4n) is 4.27. The van der Waals surface area contributed by atoms with Crippen molar-refractivity contribution in [2.45, 2.75) is 31.5 Å². The van der Waals surface area contributed by atoms with Crippen molar-refractivity contribution >= 4 is 86.2 Å². The number of carbonyl (C=O) groups is 3. The van der Waals surface area contributed by atoms with E-state index in [1.54, 1.807) is 43.9 Å². The summed E-state index contributed by atoms with van der Waals surface area (Å²) in [5, 5.41) is 8.64. The van der Waals surface area contributed by atoms with Gasteiger partial charge in [0.25, 0.3) is 5.91 Å². The highest BCUT2D eigenvalue weighted by atomic mass is 35.5. The van der Waals surface area contributed by atoms with E-state index >= 15 is 0 Å². The van der Waals surface area contributed by atoms with Crippen LogP contribution in [0.4, 0.5) is 24.3 Å². The summed E-state index contributed by atoms with van der Waals surface area (Å²) in [6.07, 6.45) is -2.62.